The minimum absolute atomic E-state index is 0.161. The highest BCUT2D eigenvalue weighted by Gasteiger charge is 2.23. The maximum Gasteiger partial charge on any atom is 0.339 e. The van der Waals surface area contributed by atoms with Crippen LogP contribution in [-0.2, 0) is 0 Å². The summed E-state index contributed by atoms with van der Waals surface area (Å²) in [7, 11) is 0. The van der Waals surface area contributed by atoms with E-state index < -0.39 is 12.1 Å². The molecule has 1 aliphatic heterocycles. The van der Waals surface area contributed by atoms with Crippen LogP contribution < -0.4 is 4.90 Å². The average molecular weight is 301 g/mol. The second kappa shape index (κ2) is 5.01. The summed E-state index contributed by atoms with van der Waals surface area (Å²) in [6, 6.07) is 1.53. The van der Waals surface area contributed by atoms with E-state index in [0.717, 1.165) is 19.4 Å². The minimum Gasteiger partial charge on any atom is -0.478 e. The van der Waals surface area contributed by atoms with E-state index in [4.69, 9.17) is 5.11 Å². The number of halogens is 1. The van der Waals surface area contributed by atoms with Crippen LogP contribution in [0.15, 0.2) is 16.7 Å². The number of carboxylic acids is 1. The van der Waals surface area contributed by atoms with Crippen LogP contribution in [-0.4, -0.2) is 40.4 Å². The summed E-state index contributed by atoms with van der Waals surface area (Å²) >= 11 is 3.21. The van der Waals surface area contributed by atoms with Crippen molar-refractivity contribution >= 4 is 27.7 Å². The predicted octanol–water partition coefficient (Wildman–Crippen LogP) is 1.50. The van der Waals surface area contributed by atoms with Crippen molar-refractivity contribution in [2.75, 3.05) is 18.0 Å². The molecule has 0 aliphatic carbocycles. The molecule has 1 saturated heterocycles. The van der Waals surface area contributed by atoms with Crippen molar-refractivity contribution in [3.63, 3.8) is 0 Å². The van der Waals surface area contributed by atoms with Gasteiger partial charge in [-0.3, -0.25) is 0 Å². The molecule has 2 N–H and O–H groups in total. The molecule has 2 rings (SSSR count). The number of rotatable bonds is 2. The van der Waals surface area contributed by atoms with Crippen LogP contribution in [0.2, 0.25) is 0 Å². The van der Waals surface area contributed by atoms with Gasteiger partial charge < -0.3 is 15.1 Å². The Balaban J connectivity index is 2.33. The van der Waals surface area contributed by atoms with Crippen molar-refractivity contribution < 1.29 is 15.0 Å². The van der Waals surface area contributed by atoms with Crippen molar-refractivity contribution in [1.29, 1.82) is 0 Å². The lowest BCUT2D eigenvalue weighted by molar-refractivity contribution is 0.0696. The molecule has 6 heteroatoms. The third-order valence-electron chi connectivity index (χ3n) is 2.76. The summed E-state index contributed by atoms with van der Waals surface area (Å²) in [4.78, 5) is 17.1. The third-order valence-corrected chi connectivity index (χ3v) is 3.19. The molecule has 17 heavy (non-hydrogen) atoms. The quantitative estimate of drug-likeness (QED) is 0.866. The van der Waals surface area contributed by atoms with E-state index >= 15 is 0 Å². The number of carbonyl (C=O) groups is 1. The van der Waals surface area contributed by atoms with Crippen molar-refractivity contribution in [3.05, 3.63) is 22.3 Å². The van der Waals surface area contributed by atoms with E-state index in [1.807, 2.05) is 4.90 Å². The van der Waals surface area contributed by atoms with Crippen LogP contribution in [0.5, 0.6) is 0 Å². The number of aromatic nitrogens is 1. The summed E-state index contributed by atoms with van der Waals surface area (Å²) in [6.45, 7) is 1.17. The minimum atomic E-state index is -1.01. The summed E-state index contributed by atoms with van der Waals surface area (Å²) in [6.07, 6.45) is 2.77. The molecular formula is C11H13BrN2O3. The van der Waals surface area contributed by atoms with Crippen LogP contribution in [0.25, 0.3) is 0 Å². The lowest BCUT2D eigenvalue weighted by atomic mass is 10.1. The molecule has 1 atom stereocenters. The monoisotopic (exact) mass is 300 g/mol. The maximum absolute atomic E-state index is 11.1. The van der Waals surface area contributed by atoms with Crippen LogP contribution in [0.4, 0.5) is 5.82 Å². The van der Waals surface area contributed by atoms with Gasteiger partial charge in [0.25, 0.3) is 0 Å². The van der Waals surface area contributed by atoms with Crippen molar-refractivity contribution in [1.82, 2.24) is 4.98 Å². The Labute approximate surface area is 107 Å². The first kappa shape index (κ1) is 12.3. The van der Waals surface area contributed by atoms with E-state index in [-0.39, 0.29) is 5.56 Å². The molecule has 1 fully saturated rings. The molecule has 0 aromatic carbocycles. The van der Waals surface area contributed by atoms with Gasteiger partial charge in [0.2, 0.25) is 0 Å². The molecule has 1 unspecified atom stereocenters. The number of pyridine rings is 1. The van der Waals surface area contributed by atoms with Gasteiger partial charge in [-0.25, -0.2) is 9.78 Å². The Hall–Kier alpha value is -1.14. The zero-order valence-corrected chi connectivity index (χ0v) is 10.7. The predicted molar refractivity (Wildman–Crippen MR) is 66.4 cm³/mol. The molecule has 1 aromatic rings. The number of β-amino-alcohol motifs (C(OH)–C–C–N with tert-alkyl or cyclic N) is 1. The van der Waals surface area contributed by atoms with E-state index in [9.17, 15) is 9.90 Å². The Bertz CT molecular complexity index is 439. The number of aliphatic hydroxyl groups excluding tert-OH is 1. The molecule has 2 heterocycles. The standard InChI is InChI=1S/C11H13BrN2O3/c12-7-4-9(11(16)17)10(13-5-7)14-3-1-2-8(15)6-14/h4-5,8,15H,1-3,6H2,(H,16,17). The fourth-order valence-electron chi connectivity index (χ4n) is 1.99. The number of hydrogen-bond acceptors (Lipinski definition) is 4. The number of hydrogen-bond donors (Lipinski definition) is 2. The Kier molecular flexibility index (Phi) is 3.63. The van der Waals surface area contributed by atoms with Crippen molar-refractivity contribution in [3.8, 4) is 0 Å². The van der Waals surface area contributed by atoms with E-state index in [1.165, 1.54) is 6.07 Å². The SMILES string of the molecule is O=C(O)c1cc(Br)cnc1N1CCCC(O)C1. The fourth-order valence-corrected chi connectivity index (χ4v) is 2.32. The summed E-state index contributed by atoms with van der Waals surface area (Å²) in [5.74, 6) is -0.576. The van der Waals surface area contributed by atoms with Gasteiger partial charge >= 0.3 is 5.97 Å². The highest BCUT2D eigenvalue weighted by Crippen LogP contribution is 2.24. The van der Waals surface area contributed by atoms with Crippen LogP contribution in [0, 0.1) is 0 Å². The molecule has 92 valence electrons. The lowest BCUT2D eigenvalue weighted by Crippen LogP contribution is -2.39. The lowest BCUT2D eigenvalue weighted by Gasteiger charge is -2.31. The van der Waals surface area contributed by atoms with Gasteiger partial charge in [-0.2, -0.15) is 0 Å². The highest BCUT2D eigenvalue weighted by atomic mass is 79.9. The fraction of sp³-hybridized carbons (Fsp3) is 0.455. The zero-order valence-electron chi connectivity index (χ0n) is 9.14. The molecule has 1 aromatic heterocycles. The summed E-state index contributed by atoms with van der Waals surface area (Å²) < 4.78 is 0.635. The number of carboxylic acid groups (broad SMARTS) is 1. The van der Waals surface area contributed by atoms with Crippen molar-refractivity contribution in [2.24, 2.45) is 0 Å². The van der Waals surface area contributed by atoms with E-state index in [2.05, 4.69) is 20.9 Å². The molecule has 0 spiro atoms. The van der Waals surface area contributed by atoms with Crippen LogP contribution in [0.3, 0.4) is 0 Å². The molecule has 0 saturated carbocycles. The average Bonchev–Trinajstić information content (AvgIpc) is 2.28. The van der Waals surface area contributed by atoms with Gasteiger partial charge in [-0.15, -0.1) is 0 Å². The first-order chi connectivity index (χ1) is 8.08. The largest absolute Gasteiger partial charge is 0.478 e. The third kappa shape index (κ3) is 2.76. The van der Waals surface area contributed by atoms with Gasteiger partial charge in [-0.1, -0.05) is 0 Å². The first-order valence-corrected chi connectivity index (χ1v) is 6.19. The summed E-state index contributed by atoms with van der Waals surface area (Å²) in [5.41, 5.74) is 0.161. The normalized spacial score (nSPS) is 20.4. The highest BCUT2D eigenvalue weighted by molar-refractivity contribution is 9.10. The maximum atomic E-state index is 11.1. The number of aromatic carboxylic acids is 1. The Morgan fingerprint density at radius 1 is 1.59 bits per heavy atom. The van der Waals surface area contributed by atoms with Gasteiger partial charge in [-0.05, 0) is 34.8 Å². The van der Waals surface area contributed by atoms with E-state index in [0.29, 0.717) is 16.8 Å². The van der Waals surface area contributed by atoms with Crippen molar-refractivity contribution in [2.45, 2.75) is 18.9 Å². The molecule has 0 amide bonds. The van der Waals surface area contributed by atoms with E-state index in [1.54, 1.807) is 6.20 Å². The molecular weight excluding hydrogens is 288 g/mol. The topological polar surface area (TPSA) is 73.7 Å². The summed E-state index contributed by atoms with van der Waals surface area (Å²) in [5, 5.41) is 18.7. The Morgan fingerprint density at radius 2 is 2.35 bits per heavy atom. The molecule has 5 nitrogen and oxygen atoms in total. The molecule has 1 aliphatic rings. The number of anilines is 1. The second-order valence-electron chi connectivity index (χ2n) is 4.07. The molecule has 0 radical (unpaired) electrons. The van der Waals surface area contributed by atoms with Crippen LogP contribution >= 0.6 is 15.9 Å². The number of aliphatic hydroxyl groups is 1. The van der Waals surface area contributed by atoms with Gasteiger partial charge in [0.1, 0.15) is 11.4 Å². The Morgan fingerprint density at radius 3 is 3.00 bits per heavy atom. The smallest absolute Gasteiger partial charge is 0.339 e. The second-order valence-corrected chi connectivity index (χ2v) is 4.99. The number of piperidine rings is 1. The van der Waals surface area contributed by atoms with Gasteiger partial charge in [0.15, 0.2) is 0 Å². The number of nitrogens with zero attached hydrogens (tertiary/aromatic N) is 2. The zero-order chi connectivity index (χ0) is 12.4. The molecule has 0 bridgehead atoms. The van der Waals surface area contributed by atoms with Gasteiger partial charge in [0, 0.05) is 23.8 Å². The van der Waals surface area contributed by atoms with Crippen LogP contribution in [0.1, 0.15) is 23.2 Å². The first-order valence-electron chi connectivity index (χ1n) is 5.40. The van der Waals surface area contributed by atoms with Gasteiger partial charge in [0.05, 0.1) is 6.10 Å².